The number of amides is 2. The van der Waals surface area contributed by atoms with E-state index in [0.29, 0.717) is 27.2 Å². The number of H-pyrrole nitrogens is 1. The fraction of sp³-hybridized carbons (Fsp3) is 0.150. The number of hydrogen-bond donors (Lipinski definition) is 2. The molecule has 1 aromatic carbocycles. The Kier molecular flexibility index (Phi) is 6.05. The molecule has 29 heavy (non-hydrogen) atoms. The molecule has 1 aliphatic heterocycles. The van der Waals surface area contributed by atoms with Gasteiger partial charge in [-0.3, -0.25) is 14.5 Å². The van der Waals surface area contributed by atoms with E-state index in [0.717, 1.165) is 21.3 Å². The van der Waals surface area contributed by atoms with Crippen molar-refractivity contribution in [1.82, 2.24) is 15.2 Å². The van der Waals surface area contributed by atoms with Gasteiger partial charge in [0, 0.05) is 33.5 Å². The number of thiophene rings is 1. The van der Waals surface area contributed by atoms with Gasteiger partial charge >= 0.3 is 0 Å². The first-order valence-electron chi connectivity index (χ1n) is 8.82. The van der Waals surface area contributed by atoms with Crippen LogP contribution in [-0.4, -0.2) is 39.1 Å². The molecule has 148 valence electrons. The number of nitrogens with one attached hydrogen (secondary N) is 2. The van der Waals surface area contributed by atoms with Crippen LogP contribution in [0.5, 0.6) is 0 Å². The van der Waals surface area contributed by atoms with E-state index in [1.165, 1.54) is 16.7 Å². The van der Waals surface area contributed by atoms with Crippen LogP contribution < -0.4 is 5.32 Å². The van der Waals surface area contributed by atoms with Gasteiger partial charge in [-0.2, -0.15) is 0 Å². The van der Waals surface area contributed by atoms with Crippen molar-refractivity contribution in [3.8, 4) is 0 Å². The number of aromatic amines is 1. The summed E-state index contributed by atoms with van der Waals surface area (Å²) in [6, 6.07) is 9.53. The molecule has 5 nitrogen and oxygen atoms in total. The third kappa shape index (κ3) is 4.56. The van der Waals surface area contributed by atoms with Gasteiger partial charge in [0.05, 0.1) is 4.91 Å². The monoisotopic (exact) mass is 461 g/mol. The largest absolute Gasteiger partial charge is 0.361 e. The first-order valence-corrected chi connectivity index (χ1v) is 11.3. The molecular weight excluding hydrogens is 446 g/mol. The standard InChI is InChI=1S/C20H16ClN3O2S3/c21-13-3-4-16-15(8-13)12(10-23-16)5-6-22-18(25)11-24-19(26)17(29-20(24)27)9-14-2-1-7-28-14/h1-4,7-10,23H,5-6,11H2,(H,22,25)/b17-9+. The second-order valence-corrected chi connectivity index (χ2v) is 9.48. The summed E-state index contributed by atoms with van der Waals surface area (Å²) in [6.07, 6.45) is 4.39. The minimum Gasteiger partial charge on any atom is -0.361 e. The molecule has 1 saturated heterocycles. The van der Waals surface area contributed by atoms with Crippen molar-refractivity contribution in [1.29, 1.82) is 0 Å². The Morgan fingerprint density at radius 1 is 1.34 bits per heavy atom. The summed E-state index contributed by atoms with van der Waals surface area (Å²) in [5, 5.41) is 6.53. The molecule has 3 aromatic rings. The molecule has 0 saturated carbocycles. The molecule has 0 atom stereocenters. The van der Waals surface area contributed by atoms with Crippen LogP contribution in [0.2, 0.25) is 5.02 Å². The second kappa shape index (κ2) is 8.71. The number of rotatable bonds is 6. The van der Waals surface area contributed by atoms with Gasteiger partial charge < -0.3 is 10.3 Å². The van der Waals surface area contributed by atoms with Crippen LogP contribution >= 0.6 is 46.9 Å². The van der Waals surface area contributed by atoms with Crippen LogP contribution in [0.4, 0.5) is 0 Å². The fourth-order valence-electron chi connectivity index (χ4n) is 3.03. The summed E-state index contributed by atoms with van der Waals surface area (Å²) in [4.78, 5) is 31.0. The topological polar surface area (TPSA) is 65.2 Å². The van der Waals surface area contributed by atoms with Gasteiger partial charge in [0.2, 0.25) is 5.91 Å². The van der Waals surface area contributed by atoms with Gasteiger partial charge in [-0.1, -0.05) is 41.6 Å². The van der Waals surface area contributed by atoms with Gasteiger partial charge in [-0.25, -0.2) is 0 Å². The number of nitrogens with zero attached hydrogens (tertiary/aromatic N) is 1. The molecule has 0 bridgehead atoms. The molecule has 9 heteroatoms. The number of benzene rings is 1. The molecule has 3 heterocycles. The highest BCUT2D eigenvalue weighted by molar-refractivity contribution is 8.26. The first kappa shape index (κ1) is 20.2. The number of carbonyl (C=O) groups is 2. The lowest BCUT2D eigenvalue weighted by molar-refractivity contribution is -0.128. The van der Waals surface area contributed by atoms with E-state index in [-0.39, 0.29) is 18.4 Å². The van der Waals surface area contributed by atoms with Crippen LogP contribution in [0, 0.1) is 0 Å². The zero-order valence-electron chi connectivity index (χ0n) is 15.1. The van der Waals surface area contributed by atoms with Crippen molar-refractivity contribution in [2.75, 3.05) is 13.1 Å². The minimum atomic E-state index is -0.239. The number of aromatic nitrogens is 1. The minimum absolute atomic E-state index is 0.0772. The van der Waals surface area contributed by atoms with E-state index in [1.54, 1.807) is 11.3 Å². The fourth-order valence-corrected chi connectivity index (χ4v) is 5.18. The van der Waals surface area contributed by atoms with Crippen molar-refractivity contribution in [2.24, 2.45) is 0 Å². The van der Waals surface area contributed by atoms with Crippen molar-refractivity contribution >= 4 is 80.0 Å². The highest BCUT2D eigenvalue weighted by Gasteiger charge is 2.33. The van der Waals surface area contributed by atoms with Crippen molar-refractivity contribution in [3.05, 3.63) is 62.3 Å². The molecule has 0 radical (unpaired) electrons. The van der Waals surface area contributed by atoms with Crippen molar-refractivity contribution in [2.45, 2.75) is 6.42 Å². The molecule has 2 N–H and O–H groups in total. The summed E-state index contributed by atoms with van der Waals surface area (Å²) in [6.45, 7) is 0.379. The summed E-state index contributed by atoms with van der Waals surface area (Å²) >= 11 is 14.1. The number of carbonyl (C=O) groups excluding carboxylic acids is 2. The van der Waals surface area contributed by atoms with Crippen molar-refractivity contribution < 1.29 is 9.59 Å². The third-order valence-electron chi connectivity index (χ3n) is 4.44. The average molecular weight is 462 g/mol. The number of thioether (sulfide) groups is 1. The molecule has 0 spiro atoms. The van der Waals surface area contributed by atoms with Crippen LogP contribution in [0.1, 0.15) is 10.4 Å². The van der Waals surface area contributed by atoms with E-state index in [4.69, 9.17) is 23.8 Å². The Morgan fingerprint density at radius 3 is 3.00 bits per heavy atom. The predicted molar refractivity (Wildman–Crippen MR) is 124 cm³/mol. The van der Waals surface area contributed by atoms with Gasteiger partial charge in [0.25, 0.3) is 5.91 Å². The SMILES string of the molecule is O=C(CN1C(=O)/C(=C\c2cccs2)SC1=S)NCCc1c[nH]c2ccc(Cl)cc12. The predicted octanol–water partition coefficient (Wildman–Crippen LogP) is 4.44. The average Bonchev–Trinajstić information content (AvgIpc) is 3.40. The molecular formula is C20H16ClN3O2S3. The van der Waals surface area contributed by atoms with E-state index < -0.39 is 0 Å². The second-order valence-electron chi connectivity index (χ2n) is 6.39. The van der Waals surface area contributed by atoms with Gasteiger partial charge in [0.1, 0.15) is 10.9 Å². The highest BCUT2D eigenvalue weighted by Crippen LogP contribution is 2.33. The van der Waals surface area contributed by atoms with Crippen LogP contribution in [0.25, 0.3) is 17.0 Å². The third-order valence-corrected chi connectivity index (χ3v) is 6.87. The first-order chi connectivity index (χ1) is 14.0. The summed E-state index contributed by atoms with van der Waals surface area (Å²) in [7, 11) is 0. The maximum absolute atomic E-state index is 12.6. The Balaban J connectivity index is 1.33. The molecule has 2 aromatic heterocycles. The number of fused-ring (bicyclic) bond motifs is 1. The smallest absolute Gasteiger partial charge is 0.266 e. The zero-order valence-corrected chi connectivity index (χ0v) is 18.3. The van der Waals surface area contributed by atoms with Crippen molar-refractivity contribution in [3.63, 3.8) is 0 Å². The Hall–Kier alpha value is -2.13. The number of hydrogen-bond acceptors (Lipinski definition) is 5. The van der Waals surface area contributed by atoms with Crippen LogP contribution in [-0.2, 0) is 16.0 Å². The Labute approximate surface area is 186 Å². The normalized spacial score (nSPS) is 15.6. The Bertz CT molecular complexity index is 1120. The summed E-state index contributed by atoms with van der Waals surface area (Å²) < 4.78 is 0.402. The number of halogens is 1. The molecule has 1 aliphatic rings. The molecule has 2 amide bonds. The summed E-state index contributed by atoms with van der Waals surface area (Å²) in [5.41, 5.74) is 2.08. The summed E-state index contributed by atoms with van der Waals surface area (Å²) in [5.74, 6) is -0.466. The maximum atomic E-state index is 12.6. The maximum Gasteiger partial charge on any atom is 0.266 e. The van der Waals surface area contributed by atoms with Crippen LogP contribution in [0.3, 0.4) is 0 Å². The van der Waals surface area contributed by atoms with E-state index in [9.17, 15) is 9.59 Å². The molecule has 0 unspecified atom stereocenters. The van der Waals surface area contributed by atoms with Gasteiger partial charge in [0.15, 0.2) is 0 Å². The van der Waals surface area contributed by atoms with E-state index in [2.05, 4.69) is 10.3 Å². The van der Waals surface area contributed by atoms with E-state index in [1.807, 2.05) is 48.0 Å². The molecule has 4 rings (SSSR count). The van der Waals surface area contributed by atoms with Crippen LogP contribution in [0.15, 0.2) is 46.8 Å². The number of thiocarbonyl (C=S) groups is 1. The lowest BCUT2D eigenvalue weighted by Gasteiger charge is -2.14. The lowest BCUT2D eigenvalue weighted by Crippen LogP contribution is -2.40. The highest BCUT2D eigenvalue weighted by atomic mass is 35.5. The Morgan fingerprint density at radius 2 is 2.21 bits per heavy atom. The quantitative estimate of drug-likeness (QED) is 0.420. The van der Waals surface area contributed by atoms with Gasteiger partial charge in [-0.05, 0) is 47.7 Å². The lowest BCUT2D eigenvalue weighted by atomic mass is 10.1. The van der Waals surface area contributed by atoms with Gasteiger partial charge in [-0.15, -0.1) is 11.3 Å². The molecule has 0 aliphatic carbocycles. The zero-order chi connectivity index (χ0) is 20.4. The molecule has 1 fully saturated rings. The van der Waals surface area contributed by atoms with E-state index >= 15 is 0 Å².